The lowest BCUT2D eigenvalue weighted by Crippen LogP contribution is -2.26. The number of nitrogens with two attached hydrogens (primary N) is 1. The minimum absolute atomic E-state index is 0.171. The molecule has 7 heteroatoms. The van der Waals surface area contributed by atoms with Gasteiger partial charge < -0.3 is 20.5 Å². The first-order chi connectivity index (χ1) is 17.0. The molecule has 35 heavy (non-hydrogen) atoms. The Bertz CT molecular complexity index is 1330. The first-order valence-electron chi connectivity index (χ1n) is 11.6. The first kappa shape index (κ1) is 22.7. The highest BCUT2D eigenvalue weighted by Crippen LogP contribution is 2.47. The van der Waals surface area contributed by atoms with Crippen LogP contribution in [0, 0.1) is 5.92 Å². The van der Waals surface area contributed by atoms with Gasteiger partial charge in [0.05, 0.1) is 36.7 Å². The molecule has 0 bridgehead atoms. The number of benzene rings is 3. The number of amides is 2. The Morgan fingerprint density at radius 1 is 1.00 bits per heavy atom. The summed E-state index contributed by atoms with van der Waals surface area (Å²) in [7, 11) is 3.18. The van der Waals surface area contributed by atoms with E-state index in [9.17, 15) is 9.59 Å². The maximum absolute atomic E-state index is 13.3. The summed E-state index contributed by atoms with van der Waals surface area (Å²) in [4.78, 5) is 30.2. The predicted octanol–water partition coefficient (Wildman–Crippen LogP) is 4.43. The van der Waals surface area contributed by atoms with E-state index in [1.165, 1.54) is 0 Å². The smallest absolute Gasteiger partial charge is 0.249 e. The Morgan fingerprint density at radius 3 is 2.40 bits per heavy atom. The third-order valence-corrected chi connectivity index (χ3v) is 6.49. The van der Waals surface area contributed by atoms with Crippen LogP contribution in [0.5, 0.6) is 11.5 Å². The molecule has 7 nitrogen and oxygen atoms in total. The van der Waals surface area contributed by atoms with Crippen molar-refractivity contribution in [3.05, 3.63) is 77.4 Å². The summed E-state index contributed by atoms with van der Waals surface area (Å²) in [5.74, 6) is 0.886. The summed E-state index contributed by atoms with van der Waals surface area (Å²) in [6, 6.07) is 18.0. The molecule has 5 rings (SSSR count). The number of anilines is 1. The van der Waals surface area contributed by atoms with E-state index in [2.05, 4.69) is 5.32 Å². The van der Waals surface area contributed by atoms with Crippen molar-refractivity contribution < 1.29 is 19.1 Å². The Morgan fingerprint density at radius 2 is 1.74 bits per heavy atom. The van der Waals surface area contributed by atoms with Gasteiger partial charge in [-0.05, 0) is 30.0 Å². The van der Waals surface area contributed by atoms with Crippen LogP contribution in [0.15, 0.2) is 65.7 Å². The zero-order valence-corrected chi connectivity index (χ0v) is 19.7. The van der Waals surface area contributed by atoms with E-state index in [1.807, 2.05) is 42.5 Å². The van der Waals surface area contributed by atoms with Crippen molar-refractivity contribution in [2.24, 2.45) is 16.6 Å². The van der Waals surface area contributed by atoms with Crippen LogP contribution in [0.2, 0.25) is 0 Å². The van der Waals surface area contributed by atoms with Crippen molar-refractivity contribution in [1.82, 2.24) is 0 Å². The predicted molar refractivity (Wildman–Crippen MR) is 135 cm³/mol. The number of hydrogen-bond donors (Lipinski definition) is 2. The average molecular weight is 470 g/mol. The summed E-state index contributed by atoms with van der Waals surface area (Å²) < 4.78 is 11.7. The number of aliphatic imine (C=N–C) groups is 1. The molecular formula is C28H27N3O4. The summed E-state index contributed by atoms with van der Waals surface area (Å²) in [6.07, 6.45) is 2.88. The number of fused-ring (bicyclic) bond motifs is 1. The van der Waals surface area contributed by atoms with Crippen molar-refractivity contribution in [3.63, 3.8) is 0 Å². The van der Waals surface area contributed by atoms with Crippen LogP contribution in [0.3, 0.4) is 0 Å². The minimum Gasteiger partial charge on any atom is -0.496 e. The molecule has 1 aliphatic heterocycles. The van der Waals surface area contributed by atoms with E-state index in [0.29, 0.717) is 51.9 Å². The molecule has 3 aromatic rings. The third-order valence-electron chi connectivity index (χ3n) is 6.49. The number of carbonyl (C=O) groups excluding carboxylic acids is 2. The van der Waals surface area contributed by atoms with Crippen molar-refractivity contribution in [2.45, 2.75) is 25.3 Å². The van der Waals surface area contributed by atoms with Gasteiger partial charge in [-0.2, -0.15) is 0 Å². The molecule has 1 saturated carbocycles. The van der Waals surface area contributed by atoms with Crippen LogP contribution in [-0.4, -0.2) is 37.8 Å². The fourth-order valence-electron chi connectivity index (χ4n) is 4.57. The van der Waals surface area contributed by atoms with Crippen LogP contribution in [0.25, 0.3) is 11.1 Å². The van der Waals surface area contributed by atoms with Gasteiger partial charge in [0, 0.05) is 17.2 Å². The molecule has 2 amide bonds. The zero-order valence-electron chi connectivity index (χ0n) is 19.7. The number of benzodiazepines with no additional fused rings is 1. The molecule has 3 aromatic carbocycles. The standard InChI is InChI=1S/C28H27N3O4/c1-34-22-15-20-24(26(35-2)23(22)17-7-4-3-5-8-17)25(18-9-6-10-19(14-18)27(29)32)30-21(28(33)31-20)13-16-11-12-16/h3-10,14-16,21H,11-13H2,1-2H3,(H2,29,32)(H,31,33). The summed E-state index contributed by atoms with van der Waals surface area (Å²) in [6.45, 7) is 0. The second-order valence-electron chi connectivity index (χ2n) is 8.88. The lowest BCUT2D eigenvalue weighted by Gasteiger charge is -2.21. The molecule has 3 N–H and O–H groups in total. The first-order valence-corrected chi connectivity index (χ1v) is 11.6. The lowest BCUT2D eigenvalue weighted by molar-refractivity contribution is -0.117. The van der Waals surface area contributed by atoms with E-state index in [-0.39, 0.29) is 5.91 Å². The molecule has 1 unspecified atom stereocenters. The van der Waals surface area contributed by atoms with Gasteiger partial charge in [-0.15, -0.1) is 0 Å². The van der Waals surface area contributed by atoms with Gasteiger partial charge in [-0.1, -0.05) is 55.3 Å². The number of hydrogen-bond acceptors (Lipinski definition) is 5. The molecule has 0 spiro atoms. The molecule has 0 saturated heterocycles. The van der Waals surface area contributed by atoms with Gasteiger partial charge in [0.2, 0.25) is 11.8 Å². The second kappa shape index (κ2) is 9.25. The van der Waals surface area contributed by atoms with Crippen molar-refractivity contribution >= 4 is 23.2 Å². The minimum atomic E-state index is -0.557. The van der Waals surface area contributed by atoms with E-state index < -0.39 is 11.9 Å². The number of rotatable bonds is 7. The van der Waals surface area contributed by atoms with Crippen LogP contribution < -0.4 is 20.5 Å². The van der Waals surface area contributed by atoms with E-state index in [4.69, 9.17) is 20.2 Å². The average Bonchev–Trinajstić information content (AvgIpc) is 3.71. The fraction of sp³-hybridized carbons (Fsp3) is 0.250. The van der Waals surface area contributed by atoms with Gasteiger partial charge >= 0.3 is 0 Å². The highest BCUT2D eigenvalue weighted by molar-refractivity contribution is 6.22. The van der Waals surface area contributed by atoms with Gasteiger partial charge in [0.25, 0.3) is 0 Å². The number of methoxy groups -OCH3 is 2. The van der Waals surface area contributed by atoms with Crippen LogP contribution in [-0.2, 0) is 4.79 Å². The Balaban J connectivity index is 1.80. The zero-order chi connectivity index (χ0) is 24.5. The largest absolute Gasteiger partial charge is 0.496 e. The normalized spacial score (nSPS) is 17.0. The van der Waals surface area contributed by atoms with Crippen molar-refractivity contribution in [1.29, 1.82) is 0 Å². The number of primary amides is 1. The van der Waals surface area contributed by atoms with E-state index in [0.717, 1.165) is 24.0 Å². The fourth-order valence-corrected chi connectivity index (χ4v) is 4.57. The number of ether oxygens (including phenoxy) is 2. The summed E-state index contributed by atoms with van der Waals surface area (Å²) in [5, 5.41) is 3.07. The lowest BCUT2D eigenvalue weighted by atomic mass is 9.92. The Hall–Kier alpha value is -4.13. The number of carbonyl (C=O) groups is 2. The summed E-state index contributed by atoms with van der Waals surface area (Å²) in [5.41, 5.74) is 10.0. The van der Waals surface area contributed by atoms with E-state index in [1.54, 1.807) is 32.4 Å². The van der Waals surface area contributed by atoms with E-state index >= 15 is 0 Å². The molecule has 1 atom stereocenters. The molecule has 1 heterocycles. The van der Waals surface area contributed by atoms with Crippen LogP contribution in [0.4, 0.5) is 5.69 Å². The van der Waals surface area contributed by atoms with Gasteiger partial charge in [-0.25, -0.2) is 0 Å². The number of nitrogens with zero attached hydrogens (tertiary/aromatic N) is 1. The maximum Gasteiger partial charge on any atom is 0.249 e. The second-order valence-corrected chi connectivity index (χ2v) is 8.88. The molecule has 0 radical (unpaired) electrons. The quantitative estimate of drug-likeness (QED) is 0.534. The third kappa shape index (κ3) is 4.37. The van der Waals surface area contributed by atoms with Crippen LogP contribution >= 0.6 is 0 Å². The number of nitrogens with one attached hydrogen (secondary N) is 1. The monoisotopic (exact) mass is 469 g/mol. The van der Waals surface area contributed by atoms with Crippen LogP contribution in [0.1, 0.15) is 40.7 Å². The van der Waals surface area contributed by atoms with Crippen molar-refractivity contribution in [3.8, 4) is 22.6 Å². The topological polar surface area (TPSA) is 103 Å². The highest BCUT2D eigenvalue weighted by atomic mass is 16.5. The van der Waals surface area contributed by atoms with Gasteiger partial charge in [0.15, 0.2) is 0 Å². The molecular weight excluding hydrogens is 442 g/mol. The van der Waals surface area contributed by atoms with Gasteiger partial charge in [0.1, 0.15) is 17.5 Å². The molecule has 178 valence electrons. The maximum atomic E-state index is 13.3. The highest BCUT2D eigenvalue weighted by Gasteiger charge is 2.35. The molecule has 1 aliphatic carbocycles. The van der Waals surface area contributed by atoms with Crippen molar-refractivity contribution in [2.75, 3.05) is 19.5 Å². The Kier molecular flexibility index (Phi) is 5.99. The summed E-state index contributed by atoms with van der Waals surface area (Å²) >= 11 is 0. The SMILES string of the molecule is COc1cc2c(c(OC)c1-c1ccccc1)C(c1cccc(C(N)=O)c1)=NC(CC1CC1)C(=O)N2. The molecule has 2 aliphatic rings. The van der Waals surface area contributed by atoms with Gasteiger partial charge in [-0.3, -0.25) is 14.6 Å². The molecule has 0 aromatic heterocycles. The Labute approximate surface area is 204 Å². The molecule has 1 fully saturated rings.